The fraction of sp³-hybridized carbons (Fsp3) is 0.125. The summed E-state index contributed by atoms with van der Waals surface area (Å²) in [6, 6.07) is 14.6. The third-order valence-corrected chi connectivity index (χ3v) is 3.37. The molecule has 0 amide bonds. The first kappa shape index (κ1) is 10.2. The standard InChI is InChI=1S/C16H14O/c1-10-6-7-12-4-3-5-13-8-9-14(11(2)17)15(10)16(12)13/h3-9,17H,1-2H3/b14-11+. The van der Waals surface area contributed by atoms with Gasteiger partial charge in [0.25, 0.3) is 0 Å². The molecule has 0 atom stereocenters. The van der Waals surface area contributed by atoms with Gasteiger partial charge in [-0.15, -0.1) is 0 Å². The summed E-state index contributed by atoms with van der Waals surface area (Å²) in [5, 5.41) is 15.6. The van der Waals surface area contributed by atoms with Gasteiger partial charge in [0, 0.05) is 5.22 Å². The third kappa shape index (κ3) is 1.39. The SMILES string of the molecule is C/C(O)=c1/ccc2cccc3ccc(C)c1c32. The molecule has 1 heteroatoms. The van der Waals surface area contributed by atoms with Gasteiger partial charge in [-0.25, -0.2) is 0 Å². The lowest BCUT2D eigenvalue weighted by Crippen LogP contribution is -2.07. The highest BCUT2D eigenvalue weighted by atomic mass is 16.3. The predicted octanol–water partition coefficient (Wildman–Crippen LogP) is 3.71. The summed E-state index contributed by atoms with van der Waals surface area (Å²) in [4.78, 5) is 0. The van der Waals surface area contributed by atoms with Crippen molar-refractivity contribution in [2.45, 2.75) is 13.8 Å². The molecule has 3 aromatic carbocycles. The Morgan fingerprint density at radius 1 is 0.882 bits per heavy atom. The van der Waals surface area contributed by atoms with Gasteiger partial charge >= 0.3 is 0 Å². The topological polar surface area (TPSA) is 20.2 Å². The third-order valence-electron chi connectivity index (χ3n) is 3.37. The van der Waals surface area contributed by atoms with Gasteiger partial charge in [-0.2, -0.15) is 0 Å². The smallest absolute Gasteiger partial charge is 0.0970 e. The zero-order valence-corrected chi connectivity index (χ0v) is 9.99. The van der Waals surface area contributed by atoms with Gasteiger partial charge in [-0.05, 0) is 41.0 Å². The van der Waals surface area contributed by atoms with Crippen molar-refractivity contribution in [2.75, 3.05) is 0 Å². The Morgan fingerprint density at radius 3 is 2.18 bits per heavy atom. The van der Waals surface area contributed by atoms with E-state index in [0.29, 0.717) is 5.76 Å². The number of hydrogen-bond acceptors (Lipinski definition) is 1. The highest BCUT2D eigenvalue weighted by Crippen LogP contribution is 2.26. The van der Waals surface area contributed by atoms with E-state index in [1.165, 1.54) is 27.1 Å². The Morgan fingerprint density at radius 2 is 1.53 bits per heavy atom. The van der Waals surface area contributed by atoms with Crippen molar-refractivity contribution in [2.24, 2.45) is 0 Å². The van der Waals surface area contributed by atoms with Gasteiger partial charge in [0.2, 0.25) is 0 Å². The van der Waals surface area contributed by atoms with Crippen molar-refractivity contribution in [3.05, 3.63) is 53.2 Å². The van der Waals surface area contributed by atoms with Gasteiger partial charge in [-0.3, -0.25) is 0 Å². The molecule has 0 unspecified atom stereocenters. The maximum atomic E-state index is 9.81. The molecule has 1 N–H and O–H groups in total. The molecule has 0 aliphatic heterocycles. The van der Waals surface area contributed by atoms with Crippen LogP contribution in [0.5, 0.6) is 0 Å². The summed E-state index contributed by atoms with van der Waals surface area (Å²) < 4.78 is 0. The molecule has 0 aliphatic carbocycles. The minimum atomic E-state index is 0.381. The molecule has 0 fully saturated rings. The molecule has 0 aromatic heterocycles. The predicted molar refractivity (Wildman–Crippen MR) is 73.1 cm³/mol. The lowest BCUT2D eigenvalue weighted by molar-refractivity contribution is 0.499. The van der Waals surface area contributed by atoms with Gasteiger partial charge in [0.05, 0.1) is 5.76 Å². The molecular formula is C16H14O. The quantitative estimate of drug-likeness (QED) is 0.614. The van der Waals surface area contributed by atoms with E-state index >= 15 is 0 Å². The Hall–Kier alpha value is -2.02. The zero-order chi connectivity index (χ0) is 12.0. The molecule has 0 saturated carbocycles. The first-order valence-electron chi connectivity index (χ1n) is 5.79. The number of aliphatic hydroxyl groups excluding tert-OH is 1. The minimum absolute atomic E-state index is 0.381. The highest BCUT2D eigenvalue weighted by molar-refractivity contribution is 6.11. The summed E-state index contributed by atoms with van der Waals surface area (Å²) in [5.74, 6) is 0.381. The monoisotopic (exact) mass is 222 g/mol. The molecule has 1 nitrogen and oxygen atoms in total. The first-order valence-corrected chi connectivity index (χ1v) is 5.79. The molecular weight excluding hydrogens is 208 g/mol. The number of rotatable bonds is 0. The second kappa shape index (κ2) is 3.49. The number of aliphatic hydroxyl groups is 1. The van der Waals surface area contributed by atoms with Crippen molar-refractivity contribution in [3.63, 3.8) is 0 Å². The average molecular weight is 222 g/mol. The highest BCUT2D eigenvalue weighted by Gasteiger charge is 2.06. The summed E-state index contributed by atoms with van der Waals surface area (Å²) in [7, 11) is 0. The molecule has 0 heterocycles. The van der Waals surface area contributed by atoms with Crippen LogP contribution in [0.4, 0.5) is 0 Å². The van der Waals surface area contributed by atoms with Crippen LogP contribution in [0.25, 0.3) is 27.3 Å². The van der Waals surface area contributed by atoms with E-state index in [4.69, 9.17) is 0 Å². The first-order chi connectivity index (χ1) is 8.18. The summed E-state index contributed by atoms with van der Waals surface area (Å²) in [5.41, 5.74) is 1.21. The van der Waals surface area contributed by atoms with Crippen molar-refractivity contribution in [3.8, 4) is 0 Å². The molecule has 17 heavy (non-hydrogen) atoms. The fourth-order valence-electron chi connectivity index (χ4n) is 2.56. The van der Waals surface area contributed by atoms with Gasteiger partial charge in [-0.1, -0.05) is 42.5 Å². The molecule has 0 radical (unpaired) electrons. The lowest BCUT2D eigenvalue weighted by Gasteiger charge is -2.09. The molecule has 0 aliphatic rings. The second-order valence-corrected chi connectivity index (χ2v) is 4.54. The van der Waals surface area contributed by atoms with E-state index in [9.17, 15) is 5.11 Å². The van der Waals surface area contributed by atoms with Gasteiger partial charge in [0.15, 0.2) is 0 Å². The summed E-state index contributed by atoms with van der Waals surface area (Å²) in [6.45, 7) is 3.83. The van der Waals surface area contributed by atoms with Crippen LogP contribution in [0.3, 0.4) is 0 Å². The maximum absolute atomic E-state index is 9.81. The van der Waals surface area contributed by atoms with E-state index in [1.807, 2.05) is 6.07 Å². The molecule has 0 saturated heterocycles. The van der Waals surface area contributed by atoms with Crippen LogP contribution in [-0.4, -0.2) is 5.11 Å². The normalized spacial score (nSPS) is 13.3. The van der Waals surface area contributed by atoms with Gasteiger partial charge < -0.3 is 5.11 Å². The van der Waals surface area contributed by atoms with E-state index in [2.05, 4.69) is 43.3 Å². The lowest BCUT2D eigenvalue weighted by atomic mass is 9.95. The number of aryl methyl sites for hydroxylation is 1. The molecule has 0 bridgehead atoms. The Bertz CT molecular complexity index is 749. The van der Waals surface area contributed by atoms with Crippen molar-refractivity contribution in [1.29, 1.82) is 0 Å². The van der Waals surface area contributed by atoms with E-state index in [-0.39, 0.29) is 0 Å². The van der Waals surface area contributed by atoms with Crippen LogP contribution in [0.2, 0.25) is 0 Å². The number of benzene rings is 3. The zero-order valence-electron chi connectivity index (χ0n) is 9.99. The molecule has 84 valence electrons. The Kier molecular flexibility index (Phi) is 2.08. The van der Waals surface area contributed by atoms with E-state index in [1.54, 1.807) is 6.92 Å². The summed E-state index contributed by atoms with van der Waals surface area (Å²) in [6.07, 6.45) is 0. The van der Waals surface area contributed by atoms with Crippen LogP contribution in [0.1, 0.15) is 12.5 Å². The Balaban J connectivity index is 2.76. The fourth-order valence-corrected chi connectivity index (χ4v) is 2.56. The van der Waals surface area contributed by atoms with Crippen molar-refractivity contribution >= 4 is 27.3 Å². The summed E-state index contributed by atoms with van der Waals surface area (Å²) >= 11 is 0. The van der Waals surface area contributed by atoms with Crippen molar-refractivity contribution < 1.29 is 5.11 Å². The molecule has 3 aromatic rings. The van der Waals surface area contributed by atoms with Crippen LogP contribution >= 0.6 is 0 Å². The van der Waals surface area contributed by atoms with E-state index in [0.717, 1.165) is 5.22 Å². The minimum Gasteiger partial charge on any atom is -0.512 e. The number of hydrogen-bond donors (Lipinski definition) is 1. The molecule has 3 rings (SSSR count). The van der Waals surface area contributed by atoms with Crippen molar-refractivity contribution in [1.82, 2.24) is 0 Å². The van der Waals surface area contributed by atoms with Crippen LogP contribution in [-0.2, 0) is 0 Å². The average Bonchev–Trinajstić information content (AvgIpc) is 2.33. The van der Waals surface area contributed by atoms with Crippen LogP contribution in [0.15, 0.2) is 42.5 Å². The van der Waals surface area contributed by atoms with Crippen LogP contribution in [0, 0.1) is 6.92 Å². The second-order valence-electron chi connectivity index (χ2n) is 4.54. The van der Waals surface area contributed by atoms with Gasteiger partial charge in [0.1, 0.15) is 0 Å². The van der Waals surface area contributed by atoms with E-state index < -0.39 is 0 Å². The Labute approximate surface area is 100.0 Å². The molecule has 0 spiro atoms. The largest absolute Gasteiger partial charge is 0.512 e. The maximum Gasteiger partial charge on any atom is 0.0970 e. The van der Waals surface area contributed by atoms with Crippen LogP contribution < -0.4 is 5.22 Å².